The lowest BCUT2D eigenvalue weighted by atomic mass is 10.0. The molecule has 0 unspecified atom stereocenters. The van der Waals surface area contributed by atoms with Crippen molar-refractivity contribution in [2.75, 3.05) is 23.8 Å². The smallest absolute Gasteiger partial charge is 0.237 e. The first kappa shape index (κ1) is 20.6. The Balaban J connectivity index is 1.38. The Morgan fingerprint density at radius 1 is 1.09 bits per heavy atom. The predicted octanol–water partition coefficient (Wildman–Crippen LogP) is 4.84. The van der Waals surface area contributed by atoms with Crippen LogP contribution < -0.4 is 9.64 Å². The van der Waals surface area contributed by atoms with Gasteiger partial charge >= 0.3 is 0 Å². The molecule has 0 radical (unpaired) electrons. The van der Waals surface area contributed by atoms with Gasteiger partial charge < -0.3 is 9.64 Å². The van der Waals surface area contributed by atoms with Gasteiger partial charge in [-0.05, 0) is 61.7 Å². The van der Waals surface area contributed by atoms with Crippen LogP contribution in [0.5, 0.6) is 5.75 Å². The van der Waals surface area contributed by atoms with Crippen molar-refractivity contribution in [3.63, 3.8) is 0 Å². The molecule has 162 valence electrons. The van der Waals surface area contributed by atoms with Gasteiger partial charge in [-0.1, -0.05) is 30.0 Å². The second-order valence-corrected chi connectivity index (χ2v) is 9.01. The molecular formula is C25H24N4O2S. The zero-order chi connectivity index (χ0) is 22.2. The average molecular weight is 445 g/mol. The molecule has 0 spiro atoms. The summed E-state index contributed by atoms with van der Waals surface area (Å²) in [6, 6.07) is 14.3. The predicted molar refractivity (Wildman–Crippen MR) is 128 cm³/mol. The molecule has 5 rings (SSSR count). The van der Waals surface area contributed by atoms with Crippen molar-refractivity contribution in [2.45, 2.75) is 25.8 Å². The second-order valence-electron chi connectivity index (χ2n) is 8.04. The number of ether oxygens (including phenoxy) is 1. The Morgan fingerprint density at radius 3 is 2.81 bits per heavy atom. The molecular weight excluding hydrogens is 420 g/mol. The summed E-state index contributed by atoms with van der Waals surface area (Å²) in [5.74, 6) is 1.10. The highest BCUT2D eigenvalue weighted by Gasteiger charge is 2.24. The van der Waals surface area contributed by atoms with Gasteiger partial charge in [-0.3, -0.25) is 4.79 Å². The van der Waals surface area contributed by atoms with Crippen molar-refractivity contribution < 1.29 is 9.53 Å². The fraction of sp³-hybridized carbons (Fsp3) is 0.240. The first-order chi connectivity index (χ1) is 15.5. The summed E-state index contributed by atoms with van der Waals surface area (Å²) in [6.45, 7) is 7.28. The molecule has 0 fully saturated rings. The van der Waals surface area contributed by atoms with Crippen LogP contribution in [0.3, 0.4) is 0 Å². The molecule has 32 heavy (non-hydrogen) atoms. The molecule has 7 heteroatoms. The molecule has 0 saturated carbocycles. The number of carbonyl (C=O) groups is 1. The lowest BCUT2D eigenvalue weighted by Crippen LogP contribution is -2.39. The summed E-state index contributed by atoms with van der Waals surface area (Å²) >= 11 is 1.44. The Labute approximate surface area is 191 Å². The summed E-state index contributed by atoms with van der Waals surface area (Å²) in [7, 11) is 0. The van der Waals surface area contributed by atoms with Crippen LogP contribution in [0, 0.1) is 20.8 Å². The van der Waals surface area contributed by atoms with Crippen molar-refractivity contribution in [3.05, 3.63) is 71.5 Å². The van der Waals surface area contributed by atoms with Crippen LogP contribution in [0.2, 0.25) is 0 Å². The van der Waals surface area contributed by atoms with E-state index in [1.165, 1.54) is 22.9 Å². The van der Waals surface area contributed by atoms with Gasteiger partial charge in [0.05, 0.1) is 29.2 Å². The van der Waals surface area contributed by atoms with Crippen LogP contribution in [-0.2, 0) is 4.79 Å². The quantitative estimate of drug-likeness (QED) is 0.422. The molecule has 1 aliphatic heterocycles. The highest BCUT2D eigenvalue weighted by Crippen LogP contribution is 2.33. The summed E-state index contributed by atoms with van der Waals surface area (Å²) < 4.78 is 7.55. The van der Waals surface area contributed by atoms with Gasteiger partial charge in [-0.25, -0.2) is 9.50 Å². The number of aryl methyl sites for hydroxylation is 3. The molecule has 0 atom stereocenters. The van der Waals surface area contributed by atoms with E-state index in [0.29, 0.717) is 18.9 Å². The SMILES string of the molecule is Cc1ccc2c(c1)N(C(=O)CSc1nccn3nc(-c4ccc(C)c(C)c4)cc13)CCO2. The van der Waals surface area contributed by atoms with Crippen LogP contribution in [0.25, 0.3) is 16.8 Å². The third kappa shape index (κ3) is 3.84. The number of aromatic nitrogens is 3. The van der Waals surface area contributed by atoms with Crippen molar-refractivity contribution in [3.8, 4) is 17.0 Å². The summed E-state index contributed by atoms with van der Waals surface area (Å²) in [5.41, 5.74) is 7.30. The zero-order valence-electron chi connectivity index (χ0n) is 18.3. The van der Waals surface area contributed by atoms with Crippen LogP contribution in [0.1, 0.15) is 16.7 Å². The maximum atomic E-state index is 13.1. The second kappa shape index (κ2) is 8.31. The van der Waals surface area contributed by atoms with Crippen LogP contribution in [-0.4, -0.2) is 39.4 Å². The van der Waals surface area contributed by atoms with E-state index in [1.54, 1.807) is 6.20 Å². The lowest BCUT2D eigenvalue weighted by Gasteiger charge is -2.29. The zero-order valence-corrected chi connectivity index (χ0v) is 19.1. The highest BCUT2D eigenvalue weighted by molar-refractivity contribution is 8.00. The molecule has 1 amide bonds. The van der Waals surface area contributed by atoms with E-state index in [0.717, 1.165) is 38.8 Å². The van der Waals surface area contributed by atoms with E-state index >= 15 is 0 Å². The standard InChI is InChI=1S/C25H24N4O2S/c1-16-4-7-23-21(12-16)28(10-11-31-23)24(30)15-32-25-22-14-20(27-29(22)9-8-26-25)19-6-5-17(2)18(3)13-19/h4-9,12-14H,10-11,15H2,1-3H3. The van der Waals surface area contributed by atoms with Crippen molar-refractivity contribution >= 4 is 28.9 Å². The summed E-state index contributed by atoms with van der Waals surface area (Å²) in [6.07, 6.45) is 3.57. The summed E-state index contributed by atoms with van der Waals surface area (Å²) in [5, 5.41) is 5.52. The molecule has 0 bridgehead atoms. The Kier molecular flexibility index (Phi) is 5.35. The minimum absolute atomic E-state index is 0.0443. The van der Waals surface area contributed by atoms with Gasteiger partial charge in [0.1, 0.15) is 17.4 Å². The first-order valence-electron chi connectivity index (χ1n) is 10.6. The third-order valence-corrected chi connectivity index (χ3v) is 6.75. The first-order valence-corrected chi connectivity index (χ1v) is 11.6. The maximum Gasteiger partial charge on any atom is 0.237 e. The number of rotatable bonds is 4. The molecule has 2 aromatic carbocycles. The fourth-order valence-electron chi connectivity index (χ4n) is 3.85. The van der Waals surface area contributed by atoms with Crippen LogP contribution in [0.4, 0.5) is 5.69 Å². The van der Waals surface area contributed by atoms with Gasteiger partial charge in [0.15, 0.2) is 0 Å². The van der Waals surface area contributed by atoms with Crippen molar-refractivity contribution in [1.29, 1.82) is 0 Å². The Hall–Kier alpha value is -3.32. The van der Waals surface area contributed by atoms with Gasteiger partial charge in [0.2, 0.25) is 5.91 Å². The van der Waals surface area contributed by atoms with Gasteiger partial charge in [0, 0.05) is 18.0 Å². The minimum atomic E-state index is 0.0443. The molecule has 0 N–H and O–H groups in total. The van der Waals surface area contributed by atoms with Gasteiger partial charge in [-0.2, -0.15) is 5.10 Å². The topological polar surface area (TPSA) is 59.7 Å². The number of fused-ring (bicyclic) bond motifs is 2. The molecule has 2 aromatic heterocycles. The minimum Gasteiger partial charge on any atom is -0.490 e. The number of benzene rings is 2. The Morgan fingerprint density at radius 2 is 1.97 bits per heavy atom. The largest absolute Gasteiger partial charge is 0.490 e. The lowest BCUT2D eigenvalue weighted by molar-refractivity contribution is -0.116. The summed E-state index contributed by atoms with van der Waals surface area (Å²) in [4.78, 5) is 19.4. The molecule has 0 aliphatic carbocycles. The molecule has 4 aromatic rings. The normalized spacial score (nSPS) is 13.2. The number of hydrogen-bond donors (Lipinski definition) is 0. The van der Waals surface area contributed by atoms with E-state index in [9.17, 15) is 4.79 Å². The number of thioether (sulfide) groups is 1. The molecule has 0 saturated heterocycles. The monoisotopic (exact) mass is 444 g/mol. The average Bonchev–Trinajstić information content (AvgIpc) is 3.24. The molecule has 6 nitrogen and oxygen atoms in total. The van der Waals surface area contributed by atoms with E-state index in [1.807, 2.05) is 46.8 Å². The molecule has 3 heterocycles. The van der Waals surface area contributed by atoms with E-state index in [-0.39, 0.29) is 5.91 Å². The number of carbonyl (C=O) groups excluding carboxylic acids is 1. The Bertz CT molecular complexity index is 1330. The number of anilines is 1. The van der Waals surface area contributed by atoms with E-state index < -0.39 is 0 Å². The van der Waals surface area contributed by atoms with Gasteiger partial charge in [-0.15, -0.1) is 0 Å². The number of hydrogen-bond acceptors (Lipinski definition) is 5. The number of amides is 1. The van der Waals surface area contributed by atoms with Crippen molar-refractivity contribution in [1.82, 2.24) is 14.6 Å². The van der Waals surface area contributed by atoms with E-state index in [2.05, 4.69) is 37.0 Å². The van der Waals surface area contributed by atoms with Crippen molar-refractivity contribution in [2.24, 2.45) is 0 Å². The highest BCUT2D eigenvalue weighted by atomic mass is 32.2. The van der Waals surface area contributed by atoms with E-state index in [4.69, 9.17) is 9.84 Å². The third-order valence-electron chi connectivity index (χ3n) is 5.77. The number of nitrogens with zero attached hydrogens (tertiary/aromatic N) is 4. The van der Waals surface area contributed by atoms with Crippen LogP contribution >= 0.6 is 11.8 Å². The van der Waals surface area contributed by atoms with Crippen LogP contribution in [0.15, 0.2) is 59.9 Å². The maximum absolute atomic E-state index is 13.1. The fourth-order valence-corrected chi connectivity index (χ4v) is 4.70. The van der Waals surface area contributed by atoms with Gasteiger partial charge in [0.25, 0.3) is 0 Å². The molecule has 1 aliphatic rings.